The Balaban J connectivity index is 2.12. The lowest BCUT2D eigenvalue weighted by Gasteiger charge is -2.18. The molecule has 0 aliphatic rings. The quantitative estimate of drug-likeness (QED) is 0.888. The summed E-state index contributed by atoms with van der Waals surface area (Å²) in [5.74, 6) is 0. The zero-order chi connectivity index (χ0) is 13.8. The van der Waals surface area contributed by atoms with E-state index < -0.39 is 0 Å². The molecule has 0 bridgehead atoms. The van der Waals surface area contributed by atoms with Crippen LogP contribution in [0.25, 0.3) is 0 Å². The van der Waals surface area contributed by atoms with Crippen LogP contribution >= 0.6 is 0 Å². The van der Waals surface area contributed by atoms with Crippen LogP contribution in [0.5, 0.6) is 0 Å². The van der Waals surface area contributed by atoms with E-state index in [0.717, 1.165) is 24.2 Å². The molecule has 0 radical (unpaired) electrons. The molecule has 102 valence electrons. The summed E-state index contributed by atoms with van der Waals surface area (Å²) in [5.41, 5.74) is 4.44. The van der Waals surface area contributed by atoms with Crippen LogP contribution in [0.3, 0.4) is 0 Å². The van der Waals surface area contributed by atoms with E-state index in [2.05, 4.69) is 32.7 Å². The van der Waals surface area contributed by atoms with Crippen LogP contribution in [0, 0.1) is 13.8 Å². The van der Waals surface area contributed by atoms with E-state index in [4.69, 9.17) is 0 Å². The summed E-state index contributed by atoms with van der Waals surface area (Å²) in [6.07, 6.45) is 3.85. The molecule has 0 aromatic carbocycles. The maximum absolute atomic E-state index is 4.20. The molecule has 1 unspecified atom stereocenters. The maximum Gasteiger partial charge on any atom is 0.0648 e. The number of rotatable bonds is 5. The molecule has 0 aliphatic heterocycles. The van der Waals surface area contributed by atoms with Gasteiger partial charge in [-0.25, -0.2) is 0 Å². The third kappa shape index (κ3) is 3.17. The first kappa shape index (κ1) is 13.7. The normalized spacial score (nSPS) is 12.6. The average Bonchev–Trinajstić information content (AvgIpc) is 2.80. The zero-order valence-electron chi connectivity index (χ0n) is 12.0. The van der Waals surface area contributed by atoms with E-state index in [1.807, 2.05) is 38.8 Å². The number of nitrogens with one attached hydrogen (secondary N) is 1. The fraction of sp³-hybridized carbons (Fsp3) is 0.500. The van der Waals surface area contributed by atoms with Gasteiger partial charge in [0.2, 0.25) is 0 Å². The molecule has 2 rings (SSSR count). The Morgan fingerprint density at radius 1 is 1.32 bits per heavy atom. The van der Waals surface area contributed by atoms with Gasteiger partial charge >= 0.3 is 0 Å². The lowest BCUT2D eigenvalue weighted by Crippen LogP contribution is -2.19. The minimum atomic E-state index is 0.295. The van der Waals surface area contributed by atoms with Gasteiger partial charge in [0.05, 0.1) is 11.4 Å². The summed E-state index contributed by atoms with van der Waals surface area (Å²) >= 11 is 0. The number of hydrogen-bond donors (Lipinski definition) is 1. The Labute approximate surface area is 114 Å². The predicted molar refractivity (Wildman–Crippen MR) is 74.8 cm³/mol. The third-order valence-electron chi connectivity index (χ3n) is 3.48. The number of hydrogen-bond acceptors (Lipinski definition) is 4. The molecular formula is C14H21N5. The van der Waals surface area contributed by atoms with Crippen LogP contribution in [-0.4, -0.2) is 27.0 Å². The van der Waals surface area contributed by atoms with E-state index in [0.29, 0.717) is 6.04 Å². The largest absolute Gasteiger partial charge is 0.313 e. The van der Waals surface area contributed by atoms with E-state index in [1.165, 1.54) is 11.3 Å². The number of aromatic nitrogens is 4. The second-order valence-electron chi connectivity index (χ2n) is 4.85. The second-order valence-corrected chi connectivity index (χ2v) is 4.85. The van der Waals surface area contributed by atoms with Gasteiger partial charge in [-0.1, -0.05) is 0 Å². The van der Waals surface area contributed by atoms with Crippen LogP contribution in [0.1, 0.15) is 35.1 Å². The third-order valence-corrected chi connectivity index (χ3v) is 3.48. The minimum Gasteiger partial charge on any atom is -0.313 e. The molecule has 2 aromatic rings. The van der Waals surface area contributed by atoms with Crippen LogP contribution in [0.4, 0.5) is 0 Å². The fourth-order valence-electron chi connectivity index (χ4n) is 2.32. The Kier molecular flexibility index (Phi) is 4.27. The highest BCUT2D eigenvalue weighted by Gasteiger charge is 2.14. The van der Waals surface area contributed by atoms with E-state index in [-0.39, 0.29) is 0 Å². The Morgan fingerprint density at radius 3 is 2.74 bits per heavy atom. The van der Waals surface area contributed by atoms with Crippen molar-refractivity contribution >= 4 is 0 Å². The lowest BCUT2D eigenvalue weighted by molar-refractivity contribution is 0.529. The Hall–Kier alpha value is -1.75. The second kappa shape index (κ2) is 5.93. The smallest absolute Gasteiger partial charge is 0.0648 e. The van der Waals surface area contributed by atoms with Crippen LogP contribution in [-0.2, 0) is 13.5 Å². The molecule has 19 heavy (non-hydrogen) atoms. The zero-order valence-corrected chi connectivity index (χ0v) is 12.0. The summed E-state index contributed by atoms with van der Waals surface area (Å²) in [5, 5.41) is 15.9. The molecular weight excluding hydrogens is 238 g/mol. The lowest BCUT2D eigenvalue weighted by atomic mass is 10.00. The topological polar surface area (TPSA) is 55.6 Å². The summed E-state index contributed by atoms with van der Waals surface area (Å²) in [6.45, 7) is 3.99. The standard InChI is InChI=1S/C14H21N5/c1-10-9-13(11(2)18-17-10)14(15-3)6-5-12-7-8-16-19(12)4/h7-9,14-15H,5-6H2,1-4H3. The van der Waals surface area contributed by atoms with Crippen molar-refractivity contribution in [3.63, 3.8) is 0 Å². The summed E-state index contributed by atoms with van der Waals surface area (Å²) < 4.78 is 1.93. The first-order valence-electron chi connectivity index (χ1n) is 6.56. The molecule has 1 N–H and O–H groups in total. The molecule has 5 heteroatoms. The highest BCUT2D eigenvalue weighted by Crippen LogP contribution is 2.21. The van der Waals surface area contributed by atoms with Crippen molar-refractivity contribution in [3.8, 4) is 0 Å². The molecule has 0 saturated heterocycles. The maximum atomic E-state index is 4.20. The van der Waals surface area contributed by atoms with Gasteiger partial charge in [0.15, 0.2) is 0 Å². The van der Waals surface area contributed by atoms with Gasteiger partial charge in [-0.15, -0.1) is 0 Å². The Bertz CT molecular complexity index is 547. The van der Waals surface area contributed by atoms with E-state index >= 15 is 0 Å². The molecule has 5 nitrogen and oxygen atoms in total. The van der Waals surface area contributed by atoms with Crippen molar-refractivity contribution in [2.24, 2.45) is 7.05 Å². The van der Waals surface area contributed by atoms with Gasteiger partial charge in [-0.05, 0) is 51.4 Å². The highest BCUT2D eigenvalue weighted by molar-refractivity contribution is 5.23. The predicted octanol–water partition coefficient (Wildman–Crippen LogP) is 1.72. The summed E-state index contributed by atoms with van der Waals surface area (Å²) in [7, 11) is 3.97. The molecule has 2 heterocycles. The van der Waals surface area contributed by atoms with Gasteiger partial charge in [0.25, 0.3) is 0 Å². The highest BCUT2D eigenvalue weighted by atomic mass is 15.2. The average molecular weight is 259 g/mol. The van der Waals surface area contributed by atoms with Crippen molar-refractivity contribution in [2.45, 2.75) is 32.7 Å². The van der Waals surface area contributed by atoms with Crippen molar-refractivity contribution in [1.82, 2.24) is 25.3 Å². The number of aryl methyl sites for hydroxylation is 4. The van der Waals surface area contributed by atoms with Crippen molar-refractivity contribution < 1.29 is 0 Å². The molecule has 0 aliphatic carbocycles. The first-order chi connectivity index (χ1) is 9.11. The fourth-order valence-corrected chi connectivity index (χ4v) is 2.32. The monoisotopic (exact) mass is 259 g/mol. The molecule has 0 amide bonds. The van der Waals surface area contributed by atoms with Crippen LogP contribution < -0.4 is 5.32 Å². The Morgan fingerprint density at radius 2 is 2.11 bits per heavy atom. The molecule has 2 aromatic heterocycles. The van der Waals surface area contributed by atoms with Crippen LogP contribution in [0.15, 0.2) is 18.3 Å². The van der Waals surface area contributed by atoms with E-state index in [9.17, 15) is 0 Å². The van der Waals surface area contributed by atoms with Crippen molar-refractivity contribution in [2.75, 3.05) is 7.05 Å². The van der Waals surface area contributed by atoms with E-state index in [1.54, 1.807) is 0 Å². The molecule has 1 atom stereocenters. The minimum absolute atomic E-state index is 0.295. The van der Waals surface area contributed by atoms with Gasteiger partial charge in [0, 0.05) is 25.0 Å². The first-order valence-corrected chi connectivity index (χ1v) is 6.56. The molecule has 0 fully saturated rings. The van der Waals surface area contributed by atoms with Crippen molar-refractivity contribution in [1.29, 1.82) is 0 Å². The van der Waals surface area contributed by atoms with Gasteiger partial charge in [0.1, 0.15) is 0 Å². The summed E-state index contributed by atoms with van der Waals surface area (Å²) in [4.78, 5) is 0. The SMILES string of the molecule is CNC(CCc1ccnn1C)c1cc(C)nnc1C. The van der Waals surface area contributed by atoms with Gasteiger partial charge in [-0.2, -0.15) is 15.3 Å². The van der Waals surface area contributed by atoms with Gasteiger partial charge < -0.3 is 5.32 Å². The number of nitrogens with zero attached hydrogens (tertiary/aromatic N) is 4. The van der Waals surface area contributed by atoms with Crippen LogP contribution in [0.2, 0.25) is 0 Å². The molecule has 0 spiro atoms. The van der Waals surface area contributed by atoms with Gasteiger partial charge in [-0.3, -0.25) is 4.68 Å². The summed E-state index contributed by atoms with van der Waals surface area (Å²) in [6, 6.07) is 4.48. The van der Waals surface area contributed by atoms with Crippen molar-refractivity contribution in [3.05, 3.63) is 41.0 Å². The molecule has 0 saturated carbocycles.